The average molecular weight is 579 g/mol. The fourth-order valence-corrected chi connectivity index (χ4v) is 6.43. The molecule has 0 radical (unpaired) electrons. The molecule has 40 heavy (non-hydrogen) atoms. The molecule has 2 aromatic carbocycles. The van der Waals surface area contributed by atoms with Gasteiger partial charge >= 0.3 is 18.6 Å². The number of benzene rings is 2. The van der Waals surface area contributed by atoms with E-state index in [0.717, 1.165) is 49.7 Å². The fourth-order valence-electron chi connectivity index (χ4n) is 6.43. The molecule has 2 aliphatic rings. The van der Waals surface area contributed by atoms with Crippen LogP contribution < -0.4 is 4.74 Å². The highest BCUT2D eigenvalue weighted by Crippen LogP contribution is 2.45. The van der Waals surface area contributed by atoms with Crippen LogP contribution >= 0.6 is 0 Å². The maximum Gasteiger partial charge on any atom is 0.527 e. The second-order valence-corrected chi connectivity index (χ2v) is 11.1. The third-order valence-electron chi connectivity index (χ3n) is 8.49. The summed E-state index contributed by atoms with van der Waals surface area (Å²) in [7, 11) is 0. The van der Waals surface area contributed by atoms with Crippen LogP contribution in [0.3, 0.4) is 0 Å². The molecule has 0 atom stereocenters. The molecule has 10 heteroatoms. The molecular weight excluding hydrogens is 544 g/mol. The van der Waals surface area contributed by atoms with E-state index in [1.54, 1.807) is 0 Å². The molecule has 0 N–H and O–H groups in total. The van der Waals surface area contributed by atoms with E-state index in [4.69, 9.17) is 0 Å². The zero-order chi connectivity index (χ0) is 29.1. The largest absolute Gasteiger partial charge is 0.527 e. The molecular formula is C30H34F8O2. The third kappa shape index (κ3) is 7.68. The third-order valence-corrected chi connectivity index (χ3v) is 8.49. The first-order valence-electron chi connectivity index (χ1n) is 13.9. The highest BCUT2D eigenvalue weighted by atomic mass is 19.4. The van der Waals surface area contributed by atoms with Crippen molar-refractivity contribution in [2.45, 2.75) is 95.6 Å². The SMILES string of the molecule is CCCC1CCC(C2CCC(c3ccc(C(F)(F)Oc4ccc(C(F)(F)OC(F)(F)F)cc4)c(F)c3)CC2)CC1. The lowest BCUT2D eigenvalue weighted by Gasteiger charge is -2.38. The van der Waals surface area contributed by atoms with Crippen LogP contribution in [0.15, 0.2) is 42.5 Å². The average Bonchev–Trinajstić information content (AvgIpc) is 2.88. The van der Waals surface area contributed by atoms with Crippen LogP contribution in [0.2, 0.25) is 0 Å². The Morgan fingerprint density at radius 1 is 0.725 bits per heavy atom. The number of alkyl halides is 7. The van der Waals surface area contributed by atoms with E-state index in [1.807, 2.05) is 0 Å². The molecule has 2 fully saturated rings. The zero-order valence-electron chi connectivity index (χ0n) is 22.3. The molecule has 2 saturated carbocycles. The van der Waals surface area contributed by atoms with Gasteiger partial charge in [-0.2, -0.15) is 17.6 Å². The van der Waals surface area contributed by atoms with E-state index in [0.29, 0.717) is 35.7 Å². The summed E-state index contributed by atoms with van der Waals surface area (Å²) in [5.74, 6) is 0.540. The first kappa shape index (κ1) is 30.6. The van der Waals surface area contributed by atoms with Gasteiger partial charge in [-0.3, -0.25) is 0 Å². The smallest absolute Gasteiger partial charge is 0.429 e. The summed E-state index contributed by atoms with van der Waals surface area (Å²) in [6.45, 7) is 2.23. The molecule has 2 nitrogen and oxygen atoms in total. The number of hydrogen-bond donors (Lipinski definition) is 0. The molecule has 0 saturated heterocycles. The topological polar surface area (TPSA) is 18.5 Å². The molecule has 0 heterocycles. The summed E-state index contributed by atoms with van der Waals surface area (Å²) in [6.07, 6.45) is -2.99. The van der Waals surface area contributed by atoms with Gasteiger partial charge in [-0.25, -0.2) is 9.13 Å². The van der Waals surface area contributed by atoms with Crippen molar-refractivity contribution in [1.29, 1.82) is 0 Å². The Bertz CT molecular complexity index is 1100. The Labute approximate surface area is 229 Å². The minimum absolute atomic E-state index is 0.0823. The summed E-state index contributed by atoms with van der Waals surface area (Å²) < 4.78 is 115. The van der Waals surface area contributed by atoms with E-state index in [9.17, 15) is 35.1 Å². The van der Waals surface area contributed by atoms with Gasteiger partial charge in [-0.15, -0.1) is 13.2 Å². The molecule has 0 unspecified atom stereocenters. The Morgan fingerprint density at radius 3 is 1.82 bits per heavy atom. The monoisotopic (exact) mass is 578 g/mol. The van der Waals surface area contributed by atoms with E-state index in [2.05, 4.69) is 16.4 Å². The van der Waals surface area contributed by atoms with Gasteiger partial charge in [0.1, 0.15) is 11.6 Å². The molecule has 0 spiro atoms. The molecule has 0 aromatic heterocycles. The Balaban J connectivity index is 1.34. The number of hydrogen-bond acceptors (Lipinski definition) is 2. The fraction of sp³-hybridized carbons (Fsp3) is 0.600. The zero-order valence-corrected chi connectivity index (χ0v) is 22.3. The summed E-state index contributed by atoms with van der Waals surface area (Å²) >= 11 is 0. The summed E-state index contributed by atoms with van der Waals surface area (Å²) in [5, 5.41) is 0. The van der Waals surface area contributed by atoms with Crippen molar-refractivity contribution >= 4 is 0 Å². The summed E-state index contributed by atoms with van der Waals surface area (Å²) in [5.41, 5.74) is -1.59. The minimum atomic E-state index is -5.61. The van der Waals surface area contributed by atoms with Crippen molar-refractivity contribution in [2.75, 3.05) is 0 Å². The van der Waals surface area contributed by atoms with Crippen LogP contribution in [0.25, 0.3) is 0 Å². The first-order valence-corrected chi connectivity index (χ1v) is 13.9. The lowest BCUT2D eigenvalue weighted by Crippen LogP contribution is -2.27. The molecule has 222 valence electrons. The predicted molar refractivity (Wildman–Crippen MR) is 133 cm³/mol. The quantitative estimate of drug-likeness (QED) is 0.276. The van der Waals surface area contributed by atoms with Crippen LogP contribution in [0.5, 0.6) is 5.75 Å². The normalized spacial score (nSPS) is 24.6. The molecule has 2 aliphatic carbocycles. The van der Waals surface area contributed by atoms with E-state index >= 15 is 0 Å². The van der Waals surface area contributed by atoms with Crippen LogP contribution in [0, 0.1) is 23.6 Å². The van der Waals surface area contributed by atoms with Gasteiger partial charge in [0, 0.05) is 0 Å². The van der Waals surface area contributed by atoms with Crippen LogP contribution in [-0.4, -0.2) is 6.36 Å². The Kier molecular flexibility index (Phi) is 9.37. The molecule has 0 bridgehead atoms. The maximum absolute atomic E-state index is 14.9. The number of halogens is 8. The maximum atomic E-state index is 14.9. The van der Waals surface area contributed by atoms with Crippen molar-refractivity contribution in [3.05, 3.63) is 65.0 Å². The van der Waals surface area contributed by atoms with E-state index < -0.39 is 41.3 Å². The van der Waals surface area contributed by atoms with Crippen LogP contribution in [0.4, 0.5) is 35.1 Å². The van der Waals surface area contributed by atoms with Gasteiger partial charge in [0.25, 0.3) is 0 Å². The summed E-state index contributed by atoms with van der Waals surface area (Å²) in [4.78, 5) is 0. The van der Waals surface area contributed by atoms with Crippen molar-refractivity contribution in [3.63, 3.8) is 0 Å². The van der Waals surface area contributed by atoms with E-state index in [1.165, 1.54) is 44.6 Å². The van der Waals surface area contributed by atoms with Gasteiger partial charge < -0.3 is 4.74 Å². The second kappa shape index (κ2) is 12.2. The van der Waals surface area contributed by atoms with Crippen molar-refractivity contribution in [2.24, 2.45) is 17.8 Å². The molecule has 2 aromatic rings. The minimum Gasteiger partial charge on any atom is -0.429 e. The number of ether oxygens (including phenoxy) is 2. The molecule has 0 aliphatic heterocycles. The molecule has 4 rings (SSSR count). The van der Waals surface area contributed by atoms with Gasteiger partial charge in [0.2, 0.25) is 0 Å². The van der Waals surface area contributed by atoms with Gasteiger partial charge in [0.15, 0.2) is 0 Å². The highest BCUT2D eigenvalue weighted by Gasteiger charge is 2.46. The van der Waals surface area contributed by atoms with Gasteiger partial charge in [0.05, 0.1) is 11.1 Å². The van der Waals surface area contributed by atoms with Crippen molar-refractivity contribution < 1.29 is 44.6 Å². The Morgan fingerprint density at radius 2 is 1.30 bits per heavy atom. The lowest BCUT2D eigenvalue weighted by atomic mass is 9.68. The molecule has 0 amide bonds. The van der Waals surface area contributed by atoms with Crippen molar-refractivity contribution in [3.8, 4) is 5.75 Å². The highest BCUT2D eigenvalue weighted by molar-refractivity contribution is 5.32. The first-order chi connectivity index (χ1) is 18.8. The predicted octanol–water partition coefficient (Wildman–Crippen LogP) is 10.4. The standard InChI is InChI=1S/C30H34F8O2/c1-2-3-19-4-6-20(7-5-19)21-8-10-22(11-9-21)23-12-17-26(27(31)18-23)29(34,35)39-25-15-13-24(14-16-25)28(32,33)40-30(36,37)38/h12-22H,2-11H2,1H3. The van der Waals surface area contributed by atoms with E-state index in [-0.39, 0.29) is 5.92 Å². The van der Waals surface area contributed by atoms with Crippen molar-refractivity contribution in [1.82, 2.24) is 0 Å². The van der Waals surface area contributed by atoms with Crippen LogP contribution in [-0.2, 0) is 17.0 Å². The van der Waals surface area contributed by atoms with Gasteiger partial charge in [-0.05, 0) is 104 Å². The number of rotatable bonds is 9. The second-order valence-electron chi connectivity index (χ2n) is 11.1. The Hall–Kier alpha value is -2.36. The lowest BCUT2D eigenvalue weighted by molar-refractivity contribution is -0.431. The van der Waals surface area contributed by atoms with Gasteiger partial charge in [-0.1, -0.05) is 38.7 Å². The van der Waals surface area contributed by atoms with Crippen LogP contribution in [0.1, 0.15) is 93.7 Å². The summed E-state index contributed by atoms with van der Waals surface area (Å²) in [6, 6.07) is 5.73.